The molecule has 0 amide bonds. The SMILES string of the molecule is CCN(CC)c1nc(NC)nc(N(CC2CC2)C2CC2)n1. The number of nitrogens with one attached hydrogen (secondary N) is 1. The van der Waals surface area contributed by atoms with Gasteiger partial charge in [-0.25, -0.2) is 0 Å². The summed E-state index contributed by atoms with van der Waals surface area (Å²) in [6, 6.07) is 0.641. The molecule has 2 fully saturated rings. The van der Waals surface area contributed by atoms with Gasteiger partial charge in [-0.1, -0.05) is 0 Å². The number of aromatic nitrogens is 3. The molecule has 0 aromatic carbocycles. The minimum atomic E-state index is 0.641. The van der Waals surface area contributed by atoms with Gasteiger partial charge in [-0.15, -0.1) is 0 Å². The van der Waals surface area contributed by atoms with Crippen molar-refractivity contribution in [3.63, 3.8) is 0 Å². The molecule has 0 aliphatic heterocycles. The highest BCUT2D eigenvalue weighted by atomic mass is 15.4. The van der Waals surface area contributed by atoms with Crippen LogP contribution in [0.2, 0.25) is 0 Å². The van der Waals surface area contributed by atoms with Crippen LogP contribution in [0.1, 0.15) is 39.5 Å². The Bertz CT molecular complexity index is 479. The predicted molar refractivity (Wildman–Crippen MR) is 86.0 cm³/mol. The molecule has 1 N–H and O–H groups in total. The molecule has 2 saturated carbocycles. The molecule has 1 aromatic rings. The van der Waals surface area contributed by atoms with E-state index in [0.717, 1.165) is 37.4 Å². The molecule has 3 rings (SSSR count). The first-order valence-electron chi connectivity index (χ1n) is 8.20. The van der Waals surface area contributed by atoms with Gasteiger partial charge in [0.05, 0.1) is 0 Å². The van der Waals surface area contributed by atoms with E-state index in [4.69, 9.17) is 4.98 Å². The highest BCUT2D eigenvalue weighted by Crippen LogP contribution is 2.37. The van der Waals surface area contributed by atoms with E-state index in [0.29, 0.717) is 12.0 Å². The van der Waals surface area contributed by atoms with Gasteiger partial charge in [0.2, 0.25) is 17.8 Å². The highest BCUT2D eigenvalue weighted by Gasteiger charge is 2.35. The van der Waals surface area contributed by atoms with Crippen molar-refractivity contribution < 1.29 is 0 Å². The van der Waals surface area contributed by atoms with Gasteiger partial charge < -0.3 is 15.1 Å². The smallest absolute Gasteiger partial charge is 0.232 e. The summed E-state index contributed by atoms with van der Waals surface area (Å²) in [6.07, 6.45) is 5.26. The number of rotatable bonds is 8. The lowest BCUT2D eigenvalue weighted by Crippen LogP contribution is -2.32. The van der Waals surface area contributed by atoms with Crippen LogP contribution in [0.3, 0.4) is 0 Å². The third-order valence-electron chi connectivity index (χ3n) is 4.28. The Hall–Kier alpha value is -1.59. The molecule has 1 heterocycles. The molecule has 0 atom stereocenters. The molecule has 6 heteroatoms. The maximum Gasteiger partial charge on any atom is 0.232 e. The van der Waals surface area contributed by atoms with Crippen molar-refractivity contribution in [2.24, 2.45) is 5.92 Å². The molecule has 21 heavy (non-hydrogen) atoms. The Morgan fingerprint density at radius 1 is 1.00 bits per heavy atom. The second-order valence-corrected chi connectivity index (χ2v) is 6.01. The Kier molecular flexibility index (Phi) is 4.12. The molecule has 2 aliphatic rings. The highest BCUT2D eigenvalue weighted by molar-refractivity contribution is 5.46. The van der Waals surface area contributed by atoms with E-state index in [2.05, 4.69) is 38.9 Å². The number of nitrogens with zero attached hydrogens (tertiary/aromatic N) is 5. The van der Waals surface area contributed by atoms with E-state index in [1.54, 1.807) is 0 Å². The number of hydrogen-bond acceptors (Lipinski definition) is 6. The van der Waals surface area contributed by atoms with Gasteiger partial charge in [-0.05, 0) is 45.4 Å². The van der Waals surface area contributed by atoms with Crippen molar-refractivity contribution in [2.45, 2.75) is 45.6 Å². The zero-order valence-electron chi connectivity index (χ0n) is 13.3. The fourth-order valence-corrected chi connectivity index (χ4v) is 2.60. The normalized spacial score (nSPS) is 17.7. The van der Waals surface area contributed by atoms with Crippen molar-refractivity contribution in [3.05, 3.63) is 0 Å². The second kappa shape index (κ2) is 6.03. The standard InChI is InChI=1S/C15H26N6/c1-4-20(5-2)14-17-13(16-3)18-15(19-14)21(12-8-9-12)10-11-6-7-11/h11-12H,4-10H2,1-3H3,(H,16,17,18,19). The van der Waals surface area contributed by atoms with Crippen LogP contribution in [-0.2, 0) is 0 Å². The molecule has 6 nitrogen and oxygen atoms in total. The number of hydrogen-bond donors (Lipinski definition) is 1. The minimum Gasteiger partial charge on any atom is -0.357 e. The number of anilines is 3. The van der Waals surface area contributed by atoms with Gasteiger partial charge in [0.1, 0.15) is 0 Å². The topological polar surface area (TPSA) is 57.2 Å². The summed E-state index contributed by atoms with van der Waals surface area (Å²) in [5.41, 5.74) is 0. The maximum absolute atomic E-state index is 4.76. The molecule has 0 spiro atoms. The third kappa shape index (κ3) is 3.36. The van der Waals surface area contributed by atoms with E-state index in [1.165, 1.54) is 25.7 Å². The molecule has 0 saturated heterocycles. The van der Waals surface area contributed by atoms with E-state index in [9.17, 15) is 0 Å². The monoisotopic (exact) mass is 290 g/mol. The summed E-state index contributed by atoms with van der Waals surface area (Å²) in [7, 11) is 1.87. The molecule has 0 bridgehead atoms. The van der Waals surface area contributed by atoms with Crippen LogP contribution in [0.4, 0.5) is 17.8 Å². The van der Waals surface area contributed by atoms with Gasteiger partial charge >= 0.3 is 0 Å². The van der Waals surface area contributed by atoms with E-state index < -0.39 is 0 Å². The molecular weight excluding hydrogens is 264 g/mol. The van der Waals surface area contributed by atoms with E-state index in [-0.39, 0.29) is 0 Å². The van der Waals surface area contributed by atoms with E-state index in [1.807, 2.05) is 7.05 Å². The largest absolute Gasteiger partial charge is 0.357 e. The van der Waals surface area contributed by atoms with Crippen LogP contribution in [0.25, 0.3) is 0 Å². The second-order valence-electron chi connectivity index (χ2n) is 6.01. The van der Waals surface area contributed by atoms with Gasteiger partial charge in [-0.2, -0.15) is 15.0 Å². The third-order valence-corrected chi connectivity index (χ3v) is 4.28. The van der Waals surface area contributed by atoms with Crippen molar-refractivity contribution in [3.8, 4) is 0 Å². The zero-order valence-corrected chi connectivity index (χ0v) is 13.3. The summed E-state index contributed by atoms with van der Waals surface area (Å²) in [5.74, 6) is 3.15. The van der Waals surface area contributed by atoms with Crippen LogP contribution < -0.4 is 15.1 Å². The lowest BCUT2D eigenvalue weighted by molar-refractivity contribution is 0.690. The maximum atomic E-state index is 4.76. The van der Waals surface area contributed by atoms with Crippen molar-refractivity contribution in [1.82, 2.24) is 15.0 Å². The Balaban J connectivity index is 1.89. The first-order valence-corrected chi connectivity index (χ1v) is 8.20. The van der Waals surface area contributed by atoms with Crippen LogP contribution in [-0.4, -0.2) is 47.7 Å². The van der Waals surface area contributed by atoms with Crippen LogP contribution in [0.15, 0.2) is 0 Å². The summed E-state index contributed by atoms with van der Waals surface area (Å²) >= 11 is 0. The summed E-state index contributed by atoms with van der Waals surface area (Å²) in [6.45, 7) is 7.20. The fourth-order valence-electron chi connectivity index (χ4n) is 2.60. The van der Waals surface area contributed by atoms with Crippen molar-refractivity contribution in [1.29, 1.82) is 0 Å². The summed E-state index contributed by atoms with van der Waals surface area (Å²) in [5, 5.41) is 3.08. The average molecular weight is 290 g/mol. The lowest BCUT2D eigenvalue weighted by atomic mass is 10.3. The summed E-state index contributed by atoms with van der Waals surface area (Å²) in [4.78, 5) is 18.5. The molecule has 116 valence electrons. The van der Waals surface area contributed by atoms with E-state index >= 15 is 0 Å². The quantitative estimate of drug-likeness (QED) is 0.791. The van der Waals surface area contributed by atoms with Gasteiger partial charge in [0, 0.05) is 32.7 Å². The van der Waals surface area contributed by atoms with Crippen LogP contribution >= 0.6 is 0 Å². The van der Waals surface area contributed by atoms with Gasteiger partial charge in [0.15, 0.2) is 0 Å². The molecule has 0 radical (unpaired) electrons. The molecule has 2 aliphatic carbocycles. The minimum absolute atomic E-state index is 0.641. The average Bonchev–Trinajstić information content (AvgIpc) is 3.39. The van der Waals surface area contributed by atoms with Gasteiger partial charge in [-0.3, -0.25) is 0 Å². The first kappa shape index (κ1) is 14.4. The Labute approximate surface area is 127 Å². The summed E-state index contributed by atoms with van der Waals surface area (Å²) < 4.78 is 0. The predicted octanol–water partition coefficient (Wildman–Crippen LogP) is 2.14. The molecular formula is C15H26N6. The van der Waals surface area contributed by atoms with Gasteiger partial charge in [0.25, 0.3) is 0 Å². The van der Waals surface area contributed by atoms with Crippen LogP contribution in [0.5, 0.6) is 0 Å². The zero-order chi connectivity index (χ0) is 14.8. The van der Waals surface area contributed by atoms with Crippen molar-refractivity contribution >= 4 is 17.8 Å². The molecule has 1 aromatic heterocycles. The molecule has 0 unspecified atom stereocenters. The fraction of sp³-hybridized carbons (Fsp3) is 0.800. The Morgan fingerprint density at radius 2 is 1.67 bits per heavy atom. The van der Waals surface area contributed by atoms with Crippen molar-refractivity contribution in [2.75, 3.05) is 41.8 Å². The Morgan fingerprint density at radius 3 is 2.19 bits per heavy atom. The first-order chi connectivity index (χ1) is 10.2. The lowest BCUT2D eigenvalue weighted by Gasteiger charge is -2.25. The van der Waals surface area contributed by atoms with Crippen LogP contribution in [0, 0.1) is 5.92 Å².